The molecule has 112 valence electrons. The van der Waals surface area contributed by atoms with Crippen LogP contribution in [0.1, 0.15) is 46.8 Å². The fourth-order valence-corrected chi connectivity index (χ4v) is 3.42. The third-order valence-electron chi connectivity index (χ3n) is 3.83. The quantitative estimate of drug-likeness (QED) is 0.884. The van der Waals surface area contributed by atoms with Crippen LogP contribution < -0.4 is 11.1 Å². The number of aromatic nitrogens is 2. The second-order valence-corrected chi connectivity index (χ2v) is 7.35. The van der Waals surface area contributed by atoms with Crippen LogP contribution in [0.15, 0.2) is 12.1 Å². The predicted molar refractivity (Wildman–Crippen MR) is 89.0 cm³/mol. The van der Waals surface area contributed by atoms with Crippen molar-refractivity contribution in [3.05, 3.63) is 33.3 Å². The lowest BCUT2D eigenvalue weighted by atomic mass is 10.2. The summed E-state index contributed by atoms with van der Waals surface area (Å²) in [6.45, 7) is 6.31. The number of thiophene rings is 1. The van der Waals surface area contributed by atoms with Gasteiger partial charge in [0.05, 0.1) is 0 Å². The molecule has 1 unspecified atom stereocenters. The molecule has 2 aromatic heterocycles. The van der Waals surface area contributed by atoms with Crippen LogP contribution in [-0.4, -0.2) is 16.0 Å². The molecule has 0 radical (unpaired) electrons. The maximum atomic E-state index is 6.03. The molecular formula is C16H22N4S. The van der Waals surface area contributed by atoms with Crippen LogP contribution in [0.25, 0.3) is 0 Å². The van der Waals surface area contributed by atoms with Gasteiger partial charge in [0, 0.05) is 33.7 Å². The Morgan fingerprint density at radius 3 is 2.71 bits per heavy atom. The third kappa shape index (κ3) is 3.35. The van der Waals surface area contributed by atoms with E-state index in [1.54, 1.807) is 0 Å². The van der Waals surface area contributed by atoms with Crippen molar-refractivity contribution < 1.29 is 0 Å². The highest BCUT2D eigenvalue weighted by molar-refractivity contribution is 7.11. The summed E-state index contributed by atoms with van der Waals surface area (Å²) in [5.74, 6) is 2.92. The van der Waals surface area contributed by atoms with Crippen molar-refractivity contribution in [3.8, 4) is 0 Å². The van der Waals surface area contributed by atoms with Crippen molar-refractivity contribution in [2.75, 3.05) is 11.1 Å². The number of nitrogens with two attached hydrogens (primary N) is 1. The normalized spacial score (nSPS) is 16.0. The number of hydrogen-bond donors (Lipinski definition) is 2. The van der Waals surface area contributed by atoms with Crippen molar-refractivity contribution in [2.24, 2.45) is 0 Å². The second kappa shape index (κ2) is 5.64. The molecule has 1 aliphatic carbocycles. The standard InChI is InChI=1S/C16H22N4S/c1-9(8-13-7-4-10(2)21-13)18-15-11(3)14(17)19-16(20-15)12-5-6-12/h4,7,9,12H,5-6,8H2,1-3H3,(H3,17,18,19,20). The van der Waals surface area contributed by atoms with Gasteiger partial charge in [0.2, 0.25) is 0 Å². The van der Waals surface area contributed by atoms with Crippen LogP contribution in [0.2, 0.25) is 0 Å². The van der Waals surface area contributed by atoms with Crippen LogP contribution in [-0.2, 0) is 6.42 Å². The van der Waals surface area contributed by atoms with Gasteiger partial charge >= 0.3 is 0 Å². The molecule has 5 heteroatoms. The Labute approximate surface area is 129 Å². The molecular weight excluding hydrogens is 280 g/mol. The molecule has 21 heavy (non-hydrogen) atoms. The topological polar surface area (TPSA) is 63.8 Å². The summed E-state index contributed by atoms with van der Waals surface area (Å²) >= 11 is 1.85. The zero-order valence-electron chi connectivity index (χ0n) is 12.8. The predicted octanol–water partition coefficient (Wildman–Crippen LogP) is 3.66. The van der Waals surface area contributed by atoms with Gasteiger partial charge in [-0.25, -0.2) is 9.97 Å². The lowest BCUT2D eigenvalue weighted by Crippen LogP contribution is -2.20. The minimum Gasteiger partial charge on any atom is -0.383 e. The van der Waals surface area contributed by atoms with E-state index in [1.165, 1.54) is 22.6 Å². The SMILES string of the molecule is Cc1ccc(CC(C)Nc2nc(C3CC3)nc(N)c2C)s1. The van der Waals surface area contributed by atoms with Gasteiger partial charge in [-0.15, -0.1) is 11.3 Å². The first-order valence-corrected chi connectivity index (χ1v) is 8.30. The van der Waals surface area contributed by atoms with Crippen molar-refractivity contribution in [1.82, 2.24) is 9.97 Å². The van der Waals surface area contributed by atoms with Crippen molar-refractivity contribution in [2.45, 2.75) is 52.0 Å². The average molecular weight is 302 g/mol. The smallest absolute Gasteiger partial charge is 0.136 e. The lowest BCUT2D eigenvalue weighted by molar-refractivity contribution is 0.786. The summed E-state index contributed by atoms with van der Waals surface area (Å²) in [5.41, 5.74) is 6.98. The molecule has 0 bridgehead atoms. The largest absolute Gasteiger partial charge is 0.383 e. The van der Waals surface area contributed by atoms with Crippen molar-refractivity contribution >= 4 is 23.0 Å². The van der Waals surface area contributed by atoms with E-state index in [0.29, 0.717) is 17.8 Å². The summed E-state index contributed by atoms with van der Waals surface area (Å²) in [4.78, 5) is 11.9. The van der Waals surface area contributed by atoms with Gasteiger partial charge < -0.3 is 11.1 Å². The minimum atomic E-state index is 0.322. The summed E-state index contributed by atoms with van der Waals surface area (Å²) < 4.78 is 0. The monoisotopic (exact) mass is 302 g/mol. The van der Waals surface area contributed by atoms with Gasteiger partial charge in [-0.05, 0) is 45.7 Å². The van der Waals surface area contributed by atoms with Gasteiger partial charge in [0.25, 0.3) is 0 Å². The molecule has 2 heterocycles. The highest BCUT2D eigenvalue weighted by Crippen LogP contribution is 2.39. The fourth-order valence-electron chi connectivity index (χ4n) is 2.40. The Kier molecular flexibility index (Phi) is 3.85. The first-order chi connectivity index (χ1) is 10.0. The Bertz CT molecular complexity index is 646. The number of aryl methyl sites for hydroxylation is 1. The number of nitrogens with zero attached hydrogens (tertiary/aromatic N) is 2. The Morgan fingerprint density at radius 1 is 1.33 bits per heavy atom. The van der Waals surface area contributed by atoms with E-state index in [9.17, 15) is 0 Å². The van der Waals surface area contributed by atoms with Crippen LogP contribution in [0.5, 0.6) is 0 Å². The van der Waals surface area contributed by atoms with Crippen LogP contribution in [0.3, 0.4) is 0 Å². The van der Waals surface area contributed by atoms with E-state index in [0.717, 1.165) is 23.6 Å². The Balaban J connectivity index is 1.74. The van der Waals surface area contributed by atoms with Crippen LogP contribution in [0, 0.1) is 13.8 Å². The highest BCUT2D eigenvalue weighted by atomic mass is 32.1. The van der Waals surface area contributed by atoms with E-state index >= 15 is 0 Å². The molecule has 3 N–H and O–H groups in total. The van der Waals surface area contributed by atoms with Gasteiger partial charge in [0.1, 0.15) is 17.5 Å². The summed E-state index contributed by atoms with van der Waals surface area (Å²) in [5, 5.41) is 3.51. The Morgan fingerprint density at radius 2 is 2.10 bits per heavy atom. The number of hydrogen-bond acceptors (Lipinski definition) is 5. The zero-order valence-corrected chi connectivity index (χ0v) is 13.6. The first-order valence-electron chi connectivity index (χ1n) is 7.49. The second-order valence-electron chi connectivity index (χ2n) is 5.98. The average Bonchev–Trinajstić information content (AvgIpc) is 3.19. The number of nitrogen functional groups attached to an aromatic ring is 1. The molecule has 1 atom stereocenters. The van der Waals surface area contributed by atoms with Gasteiger partial charge in [0.15, 0.2) is 0 Å². The number of nitrogens with one attached hydrogen (secondary N) is 1. The highest BCUT2D eigenvalue weighted by Gasteiger charge is 2.28. The number of anilines is 2. The van der Waals surface area contributed by atoms with E-state index in [4.69, 9.17) is 5.73 Å². The third-order valence-corrected chi connectivity index (χ3v) is 4.85. The molecule has 1 saturated carbocycles. The molecule has 3 rings (SSSR count). The molecule has 4 nitrogen and oxygen atoms in total. The van der Waals surface area contributed by atoms with Crippen molar-refractivity contribution in [1.29, 1.82) is 0 Å². The van der Waals surface area contributed by atoms with Gasteiger partial charge in [-0.2, -0.15) is 0 Å². The summed E-state index contributed by atoms with van der Waals surface area (Å²) in [6, 6.07) is 4.70. The number of rotatable bonds is 5. The molecule has 0 aliphatic heterocycles. The zero-order chi connectivity index (χ0) is 15.0. The molecule has 0 spiro atoms. The molecule has 0 saturated heterocycles. The van der Waals surface area contributed by atoms with E-state index < -0.39 is 0 Å². The summed E-state index contributed by atoms with van der Waals surface area (Å²) in [7, 11) is 0. The first kappa shape index (κ1) is 14.3. The lowest BCUT2D eigenvalue weighted by Gasteiger charge is -2.17. The molecule has 2 aromatic rings. The minimum absolute atomic E-state index is 0.322. The maximum absolute atomic E-state index is 6.03. The van der Waals surface area contributed by atoms with Crippen LogP contribution in [0.4, 0.5) is 11.6 Å². The molecule has 1 fully saturated rings. The van der Waals surface area contributed by atoms with Crippen LogP contribution >= 0.6 is 11.3 Å². The van der Waals surface area contributed by atoms with Gasteiger partial charge in [-0.3, -0.25) is 0 Å². The van der Waals surface area contributed by atoms with Gasteiger partial charge in [-0.1, -0.05) is 0 Å². The Hall–Kier alpha value is -1.62. The molecule has 1 aliphatic rings. The maximum Gasteiger partial charge on any atom is 0.136 e. The fraction of sp³-hybridized carbons (Fsp3) is 0.500. The summed E-state index contributed by atoms with van der Waals surface area (Å²) in [6.07, 6.45) is 3.37. The van der Waals surface area contributed by atoms with Crippen molar-refractivity contribution in [3.63, 3.8) is 0 Å². The van der Waals surface area contributed by atoms with E-state index in [2.05, 4.69) is 41.3 Å². The molecule has 0 aromatic carbocycles. The van der Waals surface area contributed by atoms with E-state index in [1.807, 2.05) is 18.3 Å². The molecule has 0 amide bonds. The van der Waals surface area contributed by atoms with E-state index in [-0.39, 0.29) is 0 Å².